The number of fused-ring (bicyclic) bond motifs is 1. The average Bonchev–Trinajstić information content (AvgIpc) is 2.92. The summed E-state index contributed by atoms with van der Waals surface area (Å²) in [5, 5.41) is 7.23. The second kappa shape index (κ2) is 6.78. The van der Waals surface area contributed by atoms with Crippen molar-refractivity contribution in [1.29, 1.82) is 0 Å². The Morgan fingerprint density at radius 2 is 1.92 bits per heavy atom. The van der Waals surface area contributed by atoms with Crippen LogP contribution in [0.2, 0.25) is 0 Å². The van der Waals surface area contributed by atoms with Gasteiger partial charge >= 0.3 is 0 Å². The van der Waals surface area contributed by atoms with Gasteiger partial charge in [-0.15, -0.1) is 5.10 Å². The Labute approximate surface area is 140 Å². The van der Waals surface area contributed by atoms with Crippen LogP contribution >= 0.6 is 0 Å². The van der Waals surface area contributed by atoms with Gasteiger partial charge < -0.3 is 11.5 Å². The minimum Gasteiger partial charge on any atom is -0.369 e. The van der Waals surface area contributed by atoms with E-state index >= 15 is 0 Å². The van der Waals surface area contributed by atoms with Crippen molar-refractivity contribution in [3.05, 3.63) is 66.5 Å². The van der Waals surface area contributed by atoms with E-state index in [0.717, 1.165) is 22.5 Å². The summed E-state index contributed by atoms with van der Waals surface area (Å²) in [5.74, 6) is -0.0585. The summed E-state index contributed by atoms with van der Waals surface area (Å²) in [7, 11) is 2.07. The predicted octanol–water partition coefficient (Wildman–Crippen LogP) is 1.70. The molecule has 2 heterocycles. The van der Waals surface area contributed by atoms with Crippen LogP contribution in [0.4, 0.5) is 0 Å². The molecule has 0 aliphatic rings. The number of rotatable bonds is 4. The highest BCUT2D eigenvalue weighted by molar-refractivity contribution is 5.80. The molecule has 3 rings (SSSR count). The van der Waals surface area contributed by atoms with E-state index in [1.807, 2.05) is 24.4 Å². The molecule has 0 amide bonds. The first-order chi connectivity index (χ1) is 11.6. The molecular weight excluding hydrogens is 300 g/mol. The monoisotopic (exact) mass is 319 g/mol. The highest BCUT2D eigenvalue weighted by Crippen LogP contribution is 2.20. The van der Waals surface area contributed by atoms with Crippen molar-refractivity contribution in [2.45, 2.75) is 0 Å². The third-order valence-electron chi connectivity index (χ3n) is 3.66. The van der Waals surface area contributed by atoms with E-state index in [4.69, 9.17) is 11.5 Å². The number of hydrogen-bond donors (Lipinski definition) is 2. The third-order valence-corrected chi connectivity index (χ3v) is 3.66. The van der Waals surface area contributed by atoms with E-state index in [2.05, 4.69) is 62.7 Å². The number of guanidine groups is 1. The maximum atomic E-state index is 5.18. The molecule has 0 saturated carbocycles. The lowest BCUT2D eigenvalue weighted by atomic mass is 10.1. The number of hydrogen-bond acceptors (Lipinski definition) is 2. The van der Waals surface area contributed by atoms with Crippen LogP contribution in [0.1, 0.15) is 5.56 Å². The number of nitrogens with zero attached hydrogens (tertiary/aromatic N) is 4. The van der Waals surface area contributed by atoms with Crippen LogP contribution in [-0.4, -0.2) is 16.7 Å². The van der Waals surface area contributed by atoms with Crippen LogP contribution in [-0.2, 0) is 7.05 Å². The van der Waals surface area contributed by atoms with Gasteiger partial charge in [0.25, 0.3) is 5.65 Å². The standard InChI is InChI=1S/C18H19N6/c1-23-16(13-24-12-3-2-6-17(23)24)15-9-7-14(8-10-15)5-4-11-21-22-18(19)20/h2-13H,1H3,(H4,19,20,22)/q+1/b5-4+,21-11+. The molecule has 2 aromatic heterocycles. The molecule has 6 nitrogen and oxygen atoms in total. The number of pyridine rings is 1. The van der Waals surface area contributed by atoms with Gasteiger partial charge in [-0.25, -0.2) is 8.97 Å². The number of aromatic nitrogens is 2. The molecule has 0 atom stereocenters. The van der Waals surface area contributed by atoms with Crippen molar-refractivity contribution in [2.24, 2.45) is 28.7 Å². The fraction of sp³-hybridized carbons (Fsp3) is 0.0556. The van der Waals surface area contributed by atoms with E-state index in [1.165, 1.54) is 6.21 Å². The van der Waals surface area contributed by atoms with E-state index in [9.17, 15) is 0 Å². The number of allylic oxidation sites excluding steroid dienone is 1. The summed E-state index contributed by atoms with van der Waals surface area (Å²) in [4.78, 5) is 0. The summed E-state index contributed by atoms with van der Waals surface area (Å²) < 4.78 is 4.29. The molecule has 3 aromatic rings. The fourth-order valence-electron chi connectivity index (χ4n) is 2.51. The summed E-state index contributed by atoms with van der Waals surface area (Å²) >= 11 is 0. The smallest absolute Gasteiger partial charge is 0.286 e. The number of imidazole rings is 1. The van der Waals surface area contributed by atoms with Gasteiger partial charge in [0.1, 0.15) is 6.20 Å². The molecule has 0 fully saturated rings. The first kappa shape index (κ1) is 15.5. The molecule has 0 unspecified atom stereocenters. The first-order valence-corrected chi connectivity index (χ1v) is 7.50. The highest BCUT2D eigenvalue weighted by Gasteiger charge is 2.14. The third kappa shape index (κ3) is 3.33. The average molecular weight is 319 g/mol. The first-order valence-electron chi connectivity index (χ1n) is 7.50. The maximum Gasteiger partial charge on any atom is 0.286 e. The molecule has 0 aliphatic carbocycles. The van der Waals surface area contributed by atoms with Crippen LogP contribution in [0.3, 0.4) is 0 Å². The molecule has 0 aliphatic heterocycles. The Bertz CT molecular complexity index is 928. The molecule has 120 valence electrons. The van der Waals surface area contributed by atoms with E-state index in [1.54, 1.807) is 6.08 Å². The Morgan fingerprint density at radius 3 is 2.62 bits per heavy atom. The van der Waals surface area contributed by atoms with Gasteiger partial charge in [-0.1, -0.05) is 24.3 Å². The minimum atomic E-state index is -0.0585. The van der Waals surface area contributed by atoms with Gasteiger partial charge in [-0.3, -0.25) is 0 Å². The zero-order valence-corrected chi connectivity index (χ0v) is 13.4. The van der Waals surface area contributed by atoms with Gasteiger partial charge in [0.05, 0.1) is 13.2 Å². The molecule has 6 heteroatoms. The Hall–Kier alpha value is -3.41. The number of nitrogens with two attached hydrogens (primary N) is 2. The van der Waals surface area contributed by atoms with E-state index in [-0.39, 0.29) is 5.96 Å². The SMILES string of the molecule is Cn1c(-c2ccc(/C=C/C=N/N=C(N)N)cc2)c[n+]2ccccc12. The minimum absolute atomic E-state index is 0.0585. The highest BCUT2D eigenvalue weighted by atomic mass is 15.3. The van der Waals surface area contributed by atoms with Gasteiger partial charge in [0, 0.05) is 17.8 Å². The van der Waals surface area contributed by atoms with Gasteiger partial charge in [0.15, 0.2) is 5.69 Å². The summed E-state index contributed by atoms with van der Waals surface area (Å²) in [6.45, 7) is 0. The Balaban J connectivity index is 1.81. The zero-order valence-electron chi connectivity index (χ0n) is 13.4. The number of aryl methyl sites for hydroxylation is 1. The van der Waals surface area contributed by atoms with Gasteiger partial charge in [0.2, 0.25) is 5.96 Å². The van der Waals surface area contributed by atoms with Crippen molar-refractivity contribution in [1.82, 2.24) is 4.57 Å². The summed E-state index contributed by atoms with van der Waals surface area (Å²) in [6.07, 6.45) is 9.43. The van der Waals surface area contributed by atoms with Crippen molar-refractivity contribution in [3.63, 3.8) is 0 Å². The van der Waals surface area contributed by atoms with Crippen LogP contribution in [0.25, 0.3) is 23.0 Å². The van der Waals surface area contributed by atoms with Crippen LogP contribution < -0.4 is 15.9 Å². The molecular formula is C18H19N6+. The zero-order chi connectivity index (χ0) is 16.9. The van der Waals surface area contributed by atoms with E-state index < -0.39 is 0 Å². The number of benzene rings is 1. The predicted molar refractivity (Wildman–Crippen MR) is 97.3 cm³/mol. The lowest BCUT2D eigenvalue weighted by molar-refractivity contribution is -0.510. The summed E-state index contributed by atoms with van der Waals surface area (Å²) in [5.41, 5.74) is 14.9. The topological polar surface area (TPSA) is 85.8 Å². The second-order valence-electron chi connectivity index (χ2n) is 5.31. The quantitative estimate of drug-likeness (QED) is 0.332. The molecule has 24 heavy (non-hydrogen) atoms. The van der Waals surface area contributed by atoms with E-state index in [0.29, 0.717) is 0 Å². The van der Waals surface area contributed by atoms with Crippen molar-refractivity contribution in [3.8, 4) is 11.3 Å². The molecule has 1 aromatic carbocycles. The summed E-state index contributed by atoms with van der Waals surface area (Å²) in [6, 6.07) is 14.5. The molecule has 0 saturated heterocycles. The second-order valence-corrected chi connectivity index (χ2v) is 5.31. The lowest BCUT2D eigenvalue weighted by Crippen LogP contribution is -2.21. The largest absolute Gasteiger partial charge is 0.369 e. The van der Waals surface area contributed by atoms with Crippen LogP contribution in [0.5, 0.6) is 0 Å². The fourth-order valence-corrected chi connectivity index (χ4v) is 2.51. The molecule has 0 radical (unpaired) electrons. The Morgan fingerprint density at radius 1 is 1.12 bits per heavy atom. The van der Waals surface area contributed by atoms with Gasteiger partial charge in [-0.05, 0) is 29.8 Å². The van der Waals surface area contributed by atoms with Gasteiger partial charge in [-0.2, -0.15) is 5.10 Å². The van der Waals surface area contributed by atoms with Crippen LogP contribution in [0.15, 0.2) is 71.1 Å². The van der Waals surface area contributed by atoms with Crippen molar-refractivity contribution >= 4 is 23.9 Å². The van der Waals surface area contributed by atoms with Crippen molar-refractivity contribution in [2.75, 3.05) is 0 Å². The maximum absolute atomic E-state index is 5.18. The molecule has 0 spiro atoms. The Kier molecular flexibility index (Phi) is 4.38. The molecule has 4 N–H and O–H groups in total. The normalized spacial score (nSPS) is 11.5. The van der Waals surface area contributed by atoms with Crippen molar-refractivity contribution < 1.29 is 4.40 Å². The molecule has 0 bridgehead atoms. The van der Waals surface area contributed by atoms with Crippen LogP contribution in [0, 0.1) is 0 Å². The lowest BCUT2D eigenvalue weighted by Gasteiger charge is -1.98.